The predicted octanol–water partition coefficient (Wildman–Crippen LogP) is 3.80. The van der Waals surface area contributed by atoms with E-state index >= 15 is 0 Å². The van der Waals surface area contributed by atoms with Crippen molar-refractivity contribution in [1.82, 2.24) is 5.32 Å². The van der Waals surface area contributed by atoms with Gasteiger partial charge in [-0.15, -0.1) is 0 Å². The first-order valence-corrected chi connectivity index (χ1v) is 7.15. The number of rotatable bonds is 1. The smallest absolute Gasteiger partial charge is 0.408 e. The molecule has 1 rings (SSSR count). The van der Waals surface area contributed by atoms with Crippen LogP contribution in [0, 0.1) is 39.5 Å². The number of benzene rings is 1. The van der Waals surface area contributed by atoms with Crippen LogP contribution in [0.5, 0.6) is 0 Å². The molecule has 0 aliphatic heterocycles. The van der Waals surface area contributed by atoms with Crippen molar-refractivity contribution >= 4 is 6.09 Å². The molecule has 0 heterocycles. The first-order valence-electron chi connectivity index (χ1n) is 7.15. The molecule has 0 saturated heterocycles. The highest BCUT2D eigenvalue weighted by Crippen LogP contribution is 2.20. The van der Waals surface area contributed by atoms with Gasteiger partial charge in [0.25, 0.3) is 0 Å². The molecule has 0 fully saturated rings. The molecule has 1 amide bonds. The lowest BCUT2D eigenvalue weighted by Gasteiger charge is -2.19. The summed E-state index contributed by atoms with van der Waals surface area (Å²) in [6, 6.07) is 2.18. The normalized spacial score (nSPS) is 10.6. The van der Waals surface area contributed by atoms with Crippen molar-refractivity contribution in [2.75, 3.05) is 6.54 Å². The standard InChI is InChI=1S/C18H25NO2/c1-12-11-13(2)15(4)16(14(12)3)9-8-10-19-17(20)21-18(5,6)7/h11H,10H2,1-7H3,(H,19,20). The molecule has 0 bridgehead atoms. The Kier molecular flexibility index (Phi) is 5.43. The molecule has 1 N–H and O–H groups in total. The Morgan fingerprint density at radius 1 is 1.14 bits per heavy atom. The maximum atomic E-state index is 11.5. The highest BCUT2D eigenvalue weighted by atomic mass is 16.6. The maximum absolute atomic E-state index is 11.5. The first-order chi connectivity index (χ1) is 9.61. The molecule has 0 saturated carbocycles. The number of nitrogens with one attached hydrogen (secondary N) is 1. The number of carbonyl (C=O) groups excluding carboxylic acids is 1. The van der Waals surface area contributed by atoms with E-state index in [1.165, 1.54) is 22.3 Å². The van der Waals surface area contributed by atoms with E-state index in [-0.39, 0.29) is 6.54 Å². The van der Waals surface area contributed by atoms with Gasteiger partial charge in [-0.2, -0.15) is 0 Å². The van der Waals surface area contributed by atoms with E-state index < -0.39 is 11.7 Å². The number of carbonyl (C=O) groups is 1. The Morgan fingerprint density at radius 2 is 1.67 bits per heavy atom. The van der Waals surface area contributed by atoms with Crippen molar-refractivity contribution in [1.29, 1.82) is 0 Å². The van der Waals surface area contributed by atoms with E-state index in [4.69, 9.17) is 4.74 Å². The van der Waals surface area contributed by atoms with Gasteiger partial charge in [0.1, 0.15) is 5.60 Å². The molecular weight excluding hydrogens is 262 g/mol. The Labute approximate surface area is 128 Å². The van der Waals surface area contributed by atoms with E-state index in [0.29, 0.717) is 0 Å². The van der Waals surface area contributed by atoms with Crippen molar-refractivity contribution in [2.45, 2.75) is 54.1 Å². The topological polar surface area (TPSA) is 38.3 Å². The summed E-state index contributed by atoms with van der Waals surface area (Å²) in [7, 11) is 0. The van der Waals surface area contributed by atoms with Crippen LogP contribution >= 0.6 is 0 Å². The van der Waals surface area contributed by atoms with Crippen molar-refractivity contribution in [3.05, 3.63) is 33.9 Å². The van der Waals surface area contributed by atoms with E-state index in [2.05, 4.69) is 50.9 Å². The monoisotopic (exact) mass is 287 g/mol. The molecule has 0 radical (unpaired) electrons. The SMILES string of the molecule is Cc1cc(C)c(C)c(C#CCNC(=O)OC(C)(C)C)c1C. The molecule has 1 aromatic rings. The lowest BCUT2D eigenvalue weighted by molar-refractivity contribution is 0.0535. The molecular formula is C18H25NO2. The zero-order chi connectivity index (χ0) is 16.2. The fourth-order valence-electron chi connectivity index (χ4n) is 1.97. The molecule has 114 valence electrons. The summed E-state index contributed by atoms with van der Waals surface area (Å²) in [5.41, 5.74) is 5.44. The van der Waals surface area contributed by atoms with Gasteiger partial charge in [-0.25, -0.2) is 4.79 Å². The third-order valence-corrected chi connectivity index (χ3v) is 3.30. The molecule has 1 aromatic carbocycles. The molecule has 0 spiro atoms. The summed E-state index contributed by atoms with van der Waals surface area (Å²) in [5, 5.41) is 2.64. The minimum absolute atomic E-state index is 0.279. The summed E-state index contributed by atoms with van der Waals surface area (Å²) in [6.07, 6.45) is -0.439. The molecule has 0 aromatic heterocycles. The molecule has 0 unspecified atom stereocenters. The number of amides is 1. The van der Waals surface area contributed by atoms with Crippen molar-refractivity contribution in [3.8, 4) is 11.8 Å². The third kappa shape index (κ3) is 5.15. The molecule has 0 aliphatic carbocycles. The Hall–Kier alpha value is -1.95. The van der Waals surface area contributed by atoms with Crippen LogP contribution in [0.25, 0.3) is 0 Å². The number of alkyl carbamates (subject to hydrolysis) is 1. The predicted molar refractivity (Wildman–Crippen MR) is 86.5 cm³/mol. The lowest BCUT2D eigenvalue weighted by Crippen LogP contribution is -2.32. The second-order valence-electron chi connectivity index (χ2n) is 6.29. The fraction of sp³-hybridized carbons (Fsp3) is 0.500. The largest absolute Gasteiger partial charge is 0.444 e. The number of aryl methyl sites for hydroxylation is 2. The summed E-state index contributed by atoms with van der Waals surface area (Å²) in [6.45, 7) is 14.1. The highest BCUT2D eigenvalue weighted by Gasteiger charge is 2.15. The minimum Gasteiger partial charge on any atom is -0.444 e. The van der Waals surface area contributed by atoms with Gasteiger partial charge in [-0.3, -0.25) is 0 Å². The zero-order valence-electron chi connectivity index (χ0n) is 14.1. The molecule has 3 heteroatoms. The average molecular weight is 287 g/mol. The quantitative estimate of drug-likeness (QED) is 0.798. The summed E-state index contributed by atoms with van der Waals surface area (Å²) in [4.78, 5) is 11.5. The lowest BCUT2D eigenvalue weighted by atomic mass is 9.94. The summed E-state index contributed by atoms with van der Waals surface area (Å²) >= 11 is 0. The van der Waals surface area contributed by atoms with Crippen molar-refractivity contribution < 1.29 is 9.53 Å². The third-order valence-electron chi connectivity index (χ3n) is 3.30. The molecule has 0 aliphatic rings. The van der Waals surface area contributed by atoms with E-state index in [1.54, 1.807) is 0 Å². The van der Waals surface area contributed by atoms with Gasteiger partial charge in [0, 0.05) is 5.56 Å². The second kappa shape index (κ2) is 6.67. The highest BCUT2D eigenvalue weighted by molar-refractivity contribution is 5.68. The van der Waals surface area contributed by atoms with Crippen LogP contribution in [-0.2, 0) is 4.74 Å². The minimum atomic E-state index is -0.488. The van der Waals surface area contributed by atoms with Gasteiger partial charge in [0.05, 0.1) is 6.54 Å². The van der Waals surface area contributed by atoms with E-state index in [1.807, 2.05) is 20.8 Å². The summed E-state index contributed by atoms with van der Waals surface area (Å²) < 4.78 is 5.16. The Balaban J connectivity index is 2.75. The first kappa shape index (κ1) is 17.1. The van der Waals surface area contributed by atoms with Gasteiger partial charge in [0.2, 0.25) is 0 Å². The van der Waals surface area contributed by atoms with Crippen LogP contribution in [0.15, 0.2) is 6.07 Å². The molecule has 3 nitrogen and oxygen atoms in total. The van der Waals surface area contributed by atoms with Crippen LogP contribution in [0.1, 0.15) is 48.6 Å². The zero-order valence-corrected chi connectivity index (χ0v) is 14.1. The number of hydrogen-bond donors (Lipinski definition) is 1. The van der Waals surface area contributed by atoms with Crippen LogP contribution in [0.3, 0.4) is 0 Å². The average Bonchev–Trinajstić information content (AvgIpc) is 2.33. The molecule has 21 heavy (non-hydrogen) atoms. The van der Waals surface area contributed by atoms with Crippen molar-refractivity contribution in [2.24, 2.45) is 0 Å². The van der Waals surface area contributed by atoms with Gasteiger partial charge >= 0.3 is 6.09 Å². The van der Waals surface area contributed by atoms with Gasteiger partial charge < -0.3 is 10.1 Å². The molecule has 0 atom stereocenters. The Bertz CT molecular complexity index is 572. The Morgan fingerprint density at radius 3 is 2.14 bits per heavy atom. The van der Waals surface area contributed by atoms with Crippen molar-refractivity contribution in [3.63, 3.8) is 0 Å². The number of ether oxygens (including phenoxy) is 1. The number of hydrogen-bond acceptors (Lipinski definition) is 2. The van der Waals surface area contributed by atoms with E-state index in [0.717, 1.165) is 5.56 Å². The van der Waals surface area contributed by atoms with Gasteiger partial charge in [-0.1, -0.05) is 17.9 Å². The summed E-state index contributed by atoms with van der Waals surface area (Å²) in [5.74, 6) is 6.15. The van der Waals surface area contributed by atoms with E-state index in [9.17, 15) is 4.79 Å². The van der Waals surface area contributed by atoms with Crippen LogP contribution in [-0.4, -0.2) is 18.2 Å². The van der Waals surface area contributed by atoms with Crippen LogP contribution < -0.4 is 5.32 Å². The van der Waals surface area contributed by atoms with Crippen LogP contribution in [0.4, 0.5) is 4.79 Å². The van der Waals surface area contributed by atoms with Gasteiger partial charge in [-0.05, 0) is 70.7 Å². The second-order valence-corrected chi connectivity index (χ2v) is 6.29. The maximum Gasteiger partial charge on any atom is 0.408 e. The van der Waals surface area contributed by atoms with Gasteiger partial charge in [0.15, 0.2) is 0 Å². The van der Waals surface area contributed by atoms with Crippen LogP contribution in [0.2, 0.25) is 0 Å². The fourth-order valence-corrected chi connectivity index (χ4v) is 1.97.